The van der Waals surface area contributed by atoms with Crippen LogP contribution in [0.3, 0.4) is 0 Å². The number of hydrogen-bond acceptors (Lipinski definition) is 2. The summed E-state index contributed by atoms with van der Waals surface area (Å²) in [7, 11) is 5.37. The largest absolute Gasteiger partial charge is 0.478 e. The van der Waals surface area contributed by atoms with E-state index in [0.29, 0.717) is 11.3 Å². The standard InChI is InChI=1S/C14H14F3NO3/c1-18(2,3)10-6-4-5-8-7-9(13(19)20)12(14(15,16)17)21-11(8)10/h4-7,12H,1-3H3/p+1. The summed E-state index contributed by atoms with van der Waals surface area (Å²) in [4.78, 5) is 11.1. The zero-order valence-electron chi connectivity index (χ0n) is 11.7. The van der Waals surface area contributed by atoms with Gasteiger partial charge in [0.2, 0.25) is 6.10 Å². The van der Waals surface area contributed by atoms with Gasteiger partial charge in [0.1, 0.15) is 0 Å². The first-order chi connectivity index (χ1) is 9.51. The summed E-state index contributed by atoms with van der Waals surface area (Å²) in [6.45, 7) is 0. The van der Waals surface area contributed by atoms with Crippen molar-refractivity contribution in [1.29, 1.82) is 0 Å². The first-order valence-corrected chi connectivity index (χ1v) is 6.15. The average molecular weight is 302 g/mol. The van der Waals surface area contributed by atoms with Crippen LogP contribution in [0.2, 0.25) is 0 Å². The van der Waals surface area contributed by atoms with E-state index in [9.17, 15) is 18.0 Å². The molecule has 4 nitrogen and oxygen atoms in total. The number of para-hydroxylation sites is 1. The fourth-order valence-corrected chi connectivity index (χ4v) is 2.15. The van der Waals surface area contributed by atoms with Gasteiger partial charge in [-0.25, -0.2) is 4.79 Å². The molecule has 7 heteroatoms. The normalized spacial score (nSPS) is 18.6. The lowest BCUT2D eigenvalue weighted by atomic mass is 10.00. The Bertz CT molecular complexity index is 615. The monoisotopic (exact) mass is 302 g/mol. The minimum absolute atomic E-state index is 0.0670. The van der Waals surface area contributed by atoms with E-state index < -0.39 is 23.8 Å². The number of halogens is 3. The van der Waals surface area contributed by atoms with Crippen LogP contribution in [0.1, 0.15) is 5.56 Å². The van der Waals surface area contributed by atoms with Crippen molar-refractivity contribution in [2.45, 2.75) is 12.3 Å². The molecule has 1 aromatic carbocycles. The van der Waals surface area contributed by atoms with Gasteiger partial charge in [-0.1, -0.05) is 12.1 Å². The Balaban J connectivity index is 2.64. The van der Waals surface area contributed by atoms with E-state index in [1.807, 2.05) is 0 Å². The lowest BCUT2D eigenvalue weighted by Gasteiger charge is -2.31. The second-order valence-corrected chi connectivity index (χ2v) is 5.65. The van der Waals surface area contributed by atoms with E-state index in [2.05, 4.69) is 0 Å². The maximum absolute atomic E-state index is 13.0. The highest BCUT2D eigenvalue weighted by atomic mass is 19.4. The molecule has 1 atom stereocenters. The lowest BCUT2D eigenvalue weighted by Crippen LogP contribution is -2.42. The van der Waals surface area contributed by atoms with Gasteiger partial charge in [0.05, 0.1) is 26.7 Å². The first kappa shape index (κ1) is 15.4. The van der Waals surface area contributed by atoms with Gasteiger partial charge in [-0.15, -0.1) is 0 Å². The van der Waals surface area contributed by atoms with Crippen molar-refractivity contribution in [3.63, 3.8) is 0 Å². The molecule has 0 saturated heterocycles. The quantitative estimate of drug-likeness (QED) is 0.854. The van der Waals surface area contributed by atoms with Crippen LogP contribution in [0.15, 0.2) is 23.8 Å². The summed E-state index contributed by atoms with van der Waals surface area (Å²) in [5, 5.41) is 8.97. The van der Waals surface area contributed by atoms with Crippen molar-refractivity contribution in [3.05, 3.63) is 29.3 Å². The van der Waals surface area contributed by atoms with E-state index in [1.54, 1.807) is 33.3 Å². The smallest absolute Gasteiger partial charge is 0.430 e. The predicted molar refractivity (Wildman–Crippen MR) is 72.1 cm³/mol. The molecule has 114 valence electrons. The maximum Gasteiger partial charge on any atom is 0.430 e. The van der Waals surface area contributed by atoms with Crippen LogP contribution in [0.4, 0.5) is 18.9 Å². The molecule has 21 heavy (non-hydrogen) atoms. The molecule has 0 amide bonds. The van der Waals surface area contributed by atoms with Crippen molar-refractivity contribution in [2.24, 2.45) is 0 Å². The van der Waals surface area contributed by atoms with Gasteiger partial charge in [-0.05, 0) is 6.08 Å². The van der Waals surface area contributed by atoms with E-state index in [0.717, 1.165) is 6.08 Å². The van der Waals surface area contributed by atoms with E-state index in [4.69, 9.17) is 9.84 Å². The highest BCUT2D eigenvalue weighted by Gasteiger charge is 2.49. The number of ether oxygens (including phenoxy) is 1. The number of hydrogen-bond donors (Lipinski definition) is 1. The Kier molecular flexibility index (Phi) is 3.49. The van der Waals surface area contributed by atoms with E-state index in [1.165, 1.54) is 6.07 Å². The number of carboxylic acid groups (broad SMARTS) is 1. The topological polar surface area (TPSA) is 46.5 Å². The van der Waals surface area contributed by atoms with Crippen LogP contribution in [0.5, 0.6) is 5.75 Å². The van der Waals surface area contributed by atoms with Crippen molar-refractivity contribution >= 4 is 17.7 Å². The zero-order chi connectivity index (χ0) is 16.0. The number of carboxylic acids is 1. The molecular weight excluding hydrogens is 287 g/mol. The molecule has 1 aliphatic rings. The van der Waals surface area contributed by atoms with Crippen molar-refractivity contribution in [2.75, 3.05) is 21.1 Å². The number of rotatable bonds is 2. The van der Waals surface area contributed by atoms with E-state index in [-0.39, 0.29) is 10.2 Å². The summed E-state index contributed by atoms with van der Waals surface area (Å²) < 4.78 is 44.4. The molecule has 0 fully saturated rings. The number of fused-ring (bicyclic) bond motifs is 1. The second kappa shape index (κ2) is 4.77. The lowest BCUT2D eigenvalue weighted by molar-refractivity contribution is -0.187. The Morgan fingerprint density at radius 3 is 2.38 bits per heavy atom. The average Bonchev–Trinajstić information content (AvgIpc) is 2.34. The number of aliphatic carboxylic acids is 1. The molecule has 2 rings (SSSR count). The number of alkyl halides is 3. The van der Waals surface area contributed by atoms with E-state index >= 15 is 0 Å². The summed E-state index contributed by atoms with van der Waals surface area (Å²) in [5.74, 6) is -1.57. The van der Waals surface area contributed by atoms with Crippen LogP contribution < -0.4 is 9.22 Å². The predicted octanol–water partition coefficient (Wildman–Crippen LogP) is 2.67. The van der Waals surface area contributed by atoms with Gasteiger partial charge >= 0.3 is 12.1 Å². The minimum atomic E-state index is -4.79. The van der Waals surface area contributed by atoms with Gasteiger partial charge in [-0.3, -0.25) is 4.48 Å². The third kappa shape index (κ3) is 2.87. The molecule has 1 heterocycles. The molecule has 1 unspecified atom stereocenters. The van der Waals surface area contributed by atoms with Gasteiger partial charge in [0.25, 0.3) is 0 Å². The summed E-state index contributed by atoms with van der Waals surface area (Å²) in [5.41, 5.74) is 0.0643. The highest BCUT2D eigenvalue weighted by Crippen LogP contribution is 2.43. The van der Waals surface area contributed by atoms with Gasteiger partial charge < -0.3 is 9.84 Å². The minimum Gasteiger partial charge on any atom is -0.478 e. The Morgan fingerprint density at radius 2 is 1.90 bits per heavy atom. The Labute approximate surface area is 119 Å². The molecule has 0 bridgehead atoms. The summed E-state index contributed by atoms with van der Waals surface area (Å²) in [6.07, 6.45) is -6.23. The third-order valence-electron chi connectivity index (χ3n) is 3.12. The second-order valence-electron chi connectivity index (χ2n) is 5.65. The number of carbonyl (C=O) groups is 1. The molecular formula is C14H15F3NO3+. The third-order valence-corrected chi connectivity index (χ3v) is 3.12. The molecule has 1 aromatic rings. The number of benzene rings is 1. The van der Waals surface area contributed by atoms with Crippen molar-refractivity contribution in [3.8, 4) is 5.75 Å². The fourth-order valence-electron chi connectivity index (χ4n) is 2.15. The van der Waals surface area contributed by atoms with Crippen molar-refractivity contribution in [1.82, 2.24) is 4.48 Å². The first-order valence-electron chi connectivity index (χ1n) is 6.15. The molecule has 1 aliphatic heterocycles. The molecule has 0 saturated carbocycles. The maximum atomic E-state index is 13.0. The molecule has 0 radical (unpaired) electrons. The van der Waals surface area contributed by atoms with Crippen LogP contribution in [-0.4, -0.2) is 44.5 Å². The van der Waals surface area contributed by atoms with Gasteiger partial charge in [-0.2, -0.15) is 13.2 Å². The molecule has 0 aromatic heterocycles. The number of quaternary nitrogens is 1. The van der Waals surface area contributed by atoms with Crippen LogP contribution >= 0.6 is 0 Å². The summed E-state index contributed by atoms with van der Waals surface area (Å²) in [6, 6.07) is 4.85. The van der Waals surface area contributed by atoms with Gasteiger partial charge in [0.15, 0.2) is 11.4 Å². The Hall–Kier alpha value is -2.02. The SMILES string of the molecule is C[N+](C)(C)c1cccc2c1OC(C(F)(F)F)C(C(=O)O)=C2. The Morgan fingerprint density at radius 1 is 1.29 bits per heavy atom. The number of nitrogens with zero attached hydrogens (tertiary/aromatic N) is 1. The zero-order valence-corrected chi connectivity index (χ0v) is 11.7. The van der Waals surface area contributed by atoms with Crippen LogP contribution in [0.25, 0.3) is 6.08 Å². The van der Waals surface area contributed by atoms with Crippen LogP contribution in [0, 0.1) is 0 Å². The summed E-state index contributed by atoms with van der Waals surface area (Å²) >= 11 is 0. The van der Waals surface area contributed by atoms with Gasteiger partial charge in [0, 0.05) is 11.6 Å². The van der Waals surface area contributed by atoms with Crippen LogP contribution in [-0.2, 0) is 4.79 Å². The fraction of sp³-hybridized carbons (Fsp3) is 0.357. The highest BCUT2D eigenvalue weighted by molar-refractivity contribution is 5.95. The molecule has 1 N–H and O–H groups in total. The van der Waals surface area contributed by atoms with Crippen molar-refractivity contribution < 1.29 is 27.8 Å². The molecule has 0 aliphatic carbocycles. The molecule has 0 spiro atoms.